The van der Waals surface area contributed by atoms with Crippen LogP contribution in [0.15, 0.2) is 30.3 Å². The Kier molecular flexibility index (Phi) is 7.59. The number of carbonyl (C=O) groups is 4. The lowest BCUT2D eigenvalue weighted by atomic mass is 9.95. The summed E-state index contributed by atoms with van der Waals surface area (Å²) < 4.78 is 5.24. The average Bonchev–Trinajstić information content (AvgIpc) is 2.88. The Morgan fingerprint density at radius 1 is 0.758 bits per heavy atom. The Hall–Kier alpha value is -2.94. The van der Waals surface area contributed by atoms with E-state index in [0.717, 1.165) is 18.4 Å². The molecule has 3 fully saturated rings. The number of piperazine rings is 1. The number of nitrogens with zero attached hydrogens (tertiary/aromatic N) is 4. The lowest BCUT2D eigenvalue weighted by Gasteiger charge is -2.39. The third-order valence-corrected chi connectivity index (χ3v) is 6.68. The summed E-state index contributed by atoms with van der Waals surface area (Å²) in [5.74, 6) is -1.11. The zero-order chi connectivity index (χ0) is 23.2. The van der Waals surface area contributed by atoms with Crippen LogP contribution in [0.5, 0.6) is 0 Å². The average molecular weight is 457 g/mol. The fourth-order valence-electron chi connectivity index (χ4n) is 4.71. The summed E-state index contributed by atoms with van der Waals surface area (Å²) in [4.78, 5) is 57.6. The molecule has 3 aliphatic heterocycles. The molecular formula is C24H32N4O5. The van der Waals surface area contributed by atoms with Crippen LogP contribution in [0, 0.1) is 5.92 Å². The molecule has 0 spiro atoms. The predicted molar refractivity (Wildman–Crippen MR) is 120 cm³/mol. The summed E-state index contributed by atoms with van der Waals surface area (Å²) in [6.45, 7) is 4.43. The van der Waals surface area contributed by atoms with E-state index in [2.05, 4.69) is 0 Å². The molecule has 0 N–H and O–H groups in total. The number of benzene rings is 1. The second-order valence-corrected chi connectivity index (χ2v) is 8.86. The highest BCUT2D eigenvalue weighted by Gasteiger charge is 2.35. The van der Waals surface area contributed by atoms with Gasteiger partial charge < -0.3 is 24.3 Å². The second kappa shape index (κ2) is 10.8. The van der Waals surface area contributed by atoms with Crippen LogP contribution in [-0.2, 0) is 30.3 Å². The molecule has 1 aromatic carbocycles. The van der Waals surface area contributed by atoms with Crippen molar-refractivity contribution >= 4 is 23.6 Å². The predicted octanol–water partition coefficient (Wildman–Crippen LogP) is -0.00270. The molecule has 3 heterocycles. The van der Waals surface area contributed by atoms with Crippen molar-refractivity contribution in [3.05, 3.63) is 35.9 Å². The molecule has 33 heavy (non-hydrogen) atoms. The number of ether oxygens (including phenoxy) is 1. The van der Waals surface area contributed by atoms with Crippen molar-refractivity contribution in [1.29, 1.82) is 0 Å². The highest BCUT2D eigenvalue weighted by Crippen LogP contribution is 2.21. The summed E-state index contributed by atoms with van der Waals surface area (Å²) >= 11 is 0. The smallest absolute Gasteiger partial charge is 0.312 e. The summed E-state index contributed by atoms with van der Waals surface area (Å²) in [6.07, 6.45) is 1.92. The lowest BCUT2D eigenvalue weighted by Crippen LogP contribution is -2.57. The molecule has 9 nitrogen and oxygen atoms in total. The maximum absolute atomic E-state index is 13.1. The van der Waals surface area contributed by atoms with Crippen LogP contribution < -0.4 is 0 Å². The van der Waals surface area contributed by atoms with Crippen LogP contribution in [0.1, 0.15) is 18.4 Å². The number of amides is 4. The highest BCUT2D eigenvalue weighted by molar-refractivity contribution is 6.34. The van der Waals surface area contributed by atoms with Crippen molar-refractivity contribution in [2.24, 2.45) is 5.92 Å². The molecule has 0 bridgehead atoms. The van der Waals surface area contributed by atoms with E-state index >= 15 is 0 Å². The minimum absolute atomic E-state index is 0.0406. The van der Waals surface area contributed by atoms with E-state index in [1.165, 1.54) is 9.80 Å². The molecule has 4 amide bonds. The number of hydrogen-bond donors (Lipinski definition) is 0. The summed E-state index contributed by atoms with van der Waals surface area (Å²) in [7, 11) is 0. The quantitative estimate of drug-likeness (QED) is 0.597. The molecule has 1 aromatic rings. The van der Waals surface area contributed by atoms with Gasteiger partial charge in [0.05, 0.1) is 25.6 Å². The molecule has 0 aliphatic carbocycles. The Labute approximate surface area is 194 Å². The van der Waals surface area contributed by atoms with Gasteiger partial charge >= 0.3 is 11.8 Å². The fourth-order valence-corrected chi connectivity index (χ4v) is 4.71. The molecule has 9 heteroatoms. The topological polar surface area (TPSA) is 90.5 Å². The molecule has 3 saturated heterocycles. The van der Waals surface area contributed by atoms with Gasteiger partial charge in [0, 0.05) is 52.4 Å². The summed E-state index contributed by atoms with van der Waals surface area (Å²) in [5, 5.41) is 0. The molecule has 0 aromatic heterocycles. The van der Waals surface area contributed by atoms with Crippen molar-refractivity contribution < 1.29 is 23.9 Å². The van der Waals surface area contributed by atoms with Crippen molar-refractivity contribution in [3.8, 4) is 0 Å². The first-order valence-corrected chi connectivity index (χ1v) is 11.8. The number of carbonyl (C=O) groups excluding carboxylic acids is 4. The van der Waals surface area contributed by atoms with Crippen LogP contribution in [-0.4, -0.2) is 109 Å². The maximum Gasteiger partial charge on any atom is 0.312 e. The van der Waals surface area contributed by atoms with E-state index in [-0.39, 0.29) is 17.7 Å². The largest absolute Gasteiger partial charge is 0.378 e. The maximum atomic E-state index is 13.1. The Bertz CT molecular complexity index is 863. The van der Waals surface area contributed by atoms with Crippen LogP contribution in [0.3, 0.4) is 0 Å². The van der Waals surface area contributed by atoms with Gasteiger partial charge in [0.25, 0.3) is 0 Å². The summed E-state index contributed by atoms with van der Waals surface area (Å²) in [6, 6.07) is 9.65. The Balaban J connectivity index is 1.26. The third-order valence-electron chi connectivity index (χ3n) is 6.68. The second-order valence-electron chi connectivity index (χ2n) is 8.86. The molecule has 0 saturated carbocycles. The molecular weight excluding hydrogens is 424 g/mol. The number of hydrogen-bond acceptors (Lipinski definition) is 5. The van der Waals surface area contributed by atoms with Gasteiger partial charge in [-0.3, -0.25) is 19.2 Å². The van der Waals surface area contributed by atoms with Crippen molar-refractivity contribution in [2.45, 2.75) is 19.3 Å². The van der Waals surface area contributed by atoms with Crippen LogP contribution in [0.4, 0.5) is 0 Å². The monoisotopic (exact) mass is 456 g/mol. The van der Waals surface area contributed by atoms with E-state index in [9.17, 15) is 19.2 Å². The molecule has 1 unspecified atom stereocenters. The normalized spacial score (nSPS) is 21.6. The van der Waals surface area contributed by atoms with E-state index in [4.69, 9.17) is 4.74 Å². The van der Waals surface area contributed by atoms with Crippen LogP contribution in [0.2, 0.25) is 0 Å². The SMILES string of the molecule is O=C(Cc1ccccc1)N1CCCC(C(=O)N2CCN(C(=O)C(=O)N3CCOCC3)CC2)C1. The van der Waals surface area contributed by atoms with E-state index in [1.807, 2.05) is 30.3 Å². The molecule has 178 valence electrons. The van der Waals surface area contributed by atoms with E-state index < -0.39 is 11.8 Å². The third kappa shape index (κ3) is 5.71. The highest BCUT2D eigenvalue weighted by atomic mass is 16.5. The van der Waals surface area contributed by atoms with Crippen molar-refractivity contribution in [1.82, 2.24) is 19.6 Å². The Morgan fingerprint density at radius 3 is 2.03 bits per heavy atom. The van der Waals surface area contributed by atoms with Gasteiger partial charge in [0.15, 0.2) is 0 Å². The van der Waals surface area contributed by atoms with Gasteiger partial charge in [-0.25, -0.2) is 0 Å². The van der Waals surface area contributed by atoms with Crippen LogP contribution >= 0.6 is 0 Å². The number of rotatable bonds is 3. The van der Waals surface area contributed by atoms with Gasteiger partial charge in [-0.15, -0.1) is 0 Å². The molecule has 0 radical (unpaired) electrons. The molecule has 4 rings (SSSR count). The zero-order valence-corrected chi connectivity index (χ0v) is 19.0. The zero-order valence-electron chi connectivity index (χ0n) is 19.0. The molecule has 3 aliphatic rings. The first-order chi connectivity index (χ1) is 16.0. The minimum atomic E-state index is -0.501. The molecule has 1 atom stereocenters. The lowest BCUT2D eigenvalue weighted by molar-refractivity contribution is -0.156. The van der Waals surface area contributed by atoms with Crippen LogP contribution in [0.25, 0.3) is 0 Å². The van der Waals surface area contributed by atoms with Crippen molar-refractivity contribution in [3.63, 3.8) is 0 Å². The van der Waals surface area contributed by atoms with Gasteiger partial charge in [-0.1, -0.05) is 30.3 Å². The first-order valence-electron chi connectivity index (χ1n) is 11.8. The van der Waals surface area contributed by atoms with Gasteiger partial charge in [-0.2, -0.15) is 0 Å². The van der Waals surface area contributed by atoms with Gasteiger partial charge in [-0.05, 0) is 18.4 Å². The number of piperidine rings is 1. The van der Waals surface area contributed by atoms with Gasteiger partial charge in [0.2, 0.25) is 11.8 Å². The van der Waals surface area contributed by atoms with Gasteiger partial charge in [0.1, 0.15) is 0 Å². The fraction of sp³-hybridized carbons (Fsp3) is 0.583. The van der Waals surface area contributed by atoms with Crippen molar-refractivity contribution in [2.75, 3.05) is 65.6 Å². The standard InChI is InChI=1S/C24H32N4O5/c29-21(17-19-5-2-1-3-6-19)28-8-4-7-20(18-28)22(30)25-9-11-26(12-10-25)23(31)24(32)27-13-15-33-16-14-27/h1-3,5-6,20H,4,7-18H2. The Morgan fingerprint density at radius 2 is 1.36 bits per heavy atom. The minimum Gasteiger partial charge on any atom is -0.378 e. The number of morpholine rings is 1. The van der Waals surface area contributed by atoms with E-state index in [0.29, 0.717) is 72.0 Å². The number of likely N-dealkylation sites (tertiary alicyclic amines) is 1. The van der Waals surface area contributed by atoms with E-state index in [1.54, 1.807) is 9.80 Å². The first kappa shape index (κ1) is 23.2. The summed E-state index contributed by atoms with van der Waals surface area (Å²) in [5.41, 5.74) is 0.975.